The van der Waals surface area contributed by atoms with Gasteiger partial charge in [-0.15, -0.1) is 0 Å². The molecule has 0 N–H and O–H groups in total. The number of pyridine rings is 1. The summed E-state index contributed by atoms with van der Waals surface area (Å²) < 4.78 is 5.45. The van der Waals surface area contributed by atoms with Gasteiger partial charge in [-0.1, -0.05) is 20.8 Å². The number of hydrogen-bond donors (Lipinski definition) is 0. The first kappa shape index (κ1) is 12.5. The van der Waals surface area contributed by atoms with Crippen molar-refractivity contribution < 1.29 is 4.74 Å². The van der Waals surface area contributed by atoms with E-state index in [-0.39, 0.29) is 0 Å². The van der Waals surface area contributed by atoms with Crippen LogP contribution in [0.25, 0.3) is 0 Å². The molecule has 0 unspecified atom stereocenters. The Morgan fingerprint density at radius 3 is 2.81 bits per heavy atom. The zero-order valence-electron chi connectivity index (χ0n) is 10.2. The third kappa shape index (κ3) is 3.54. The summed E-state index contributed by atoms with van der Waals surface area (Å²) in [5, 5.41) is 9.02. The molecule has 0 saturated carbocycles. The van der Waals surface area contributed by atoms with Gasteiger partial charge >= 0.3 is 0 Å². The van der Waals surface area contributed by atoms with E-state index in [1.54, 1.807) is 6.20 Å². The van der Waals surface area contributed by atoms with Crippen LogP contribution in [0.3, 0.4) is 0 Å². The van der Waals surface area contributed by atoms with Crippen molar-refractivity contribution >= 4 is 0 Å². The molecule has 1 aromatic heterocycles. The molecule has 1 aromatic rings. The fraction of sp³-hybridized carbons (Fsp3) is 0.538. The smallest absolute Gasteiger partial charge is 0.155 e. The molecule has 3 heteroatoms. The van der Waals surface area contributed by atoms with Gasteiger partial charge in [0.15, 0.2) is 5.75 Å². The third-order valence-electron chi connectivity index (χ3n) is 2.12. The molecule has 0 amide bonds. The van der Waals surface area contributed by atoms with Gasteiger partial charge in [-0.25, -0.2) is 0 Å². The first-order chi connectivity index (χ1) is 7.67. The summed E-state index contributed by atoms with van der Waals surface area (Å²) in [5.74, 6) is 1.14. The molecule has 0 saturated heterocycles. The van der Waals surface area contributed by atoms with Crippen molar-refractivity contribution in [3.63, 3.8) is 0 Å². The molecule has 0 spiro atoms. The Bertz CT molecular complexity index is 380. The predicted octanol–water partition coefficient (Wildman–Crippen LogP) is 2.94. The second-order valence-corrected chi connectivity index (χ2v) is 4.23. The van der Waals surface area contributed by atoms with Gasteiger partial charge in [-0.3, -0.25) is 4.98 Å². The van der Waals surface area contributed by atoms with Crippen LogP contribution in [0.5, 0.6) is 5.75 Å². The molecule has 0 fully saturated rings. The average molecular weight is 218 g/mol. The normalized spacial score (nSPS) is 10.2. The Morgan fingerprint density at radius 2 is 2.25 bits per heavy atom. The standard InChI is InChI=1S/C13H18N2O/c1-4-5-16-13-9-15-12(6-10(2)3)7-11(13)8-14/h7,9-10H,4-6H2,1-3H3. The van der Waals surface area contributed by atoms with Crippen LogP contribution >= 0.6 is 0 Å². The fourth-order valence-electron chi connectivity index (χ4n) is 1.43. The van der Waals surface area contributed by atoms with Crippen molar-refractivity contribution in [2.24, 2.45) is 5.92 Å². The highest BCUT2D eigenvalue weighted by molar-refractivity contribution is 5.42. The van der Waals surface area contributed by atoms with Crippen molar-refractivity contribution in [2.45, 2.75) is 33.6 Å². The van der Waals surface area contributed by atoms with Crippen LogP contribution in [0.2, 0.25) is 0 Å². The zero-order chi connectivity index (χ0) is 12.0. The van der Waals surface area contributed by atoms with Gasteiger partial charge in [0, 0.05) is 5.69 Å². The van der Waals surface area contributed by atoms with Crippen LogP contribution in [0.4, 0.5) is 0 Å². The number of ether oxygens (including phenoxy) is 1. The summed E-state index contributed by atoms with van der Waals surface area (Å²) in [4.78, 5) is 4.30. The highest BCUT2D eigenvalue weighted by atomic mass is 16.5. The second kappa shape index (κ2) is 6.12. The number of aromatic nitrogens is 1. The third-order valence-corrected chi connectivity index (χ3v) is 2.12. The number of nitrogens with zero attached hydrogens (tertiary/aromatic N) is 2. The Kier molecular flexibility index (Phi) is 4.78. The minimum atomic E-state index is 0.543. The lowest BCUT2D eigenvalue weighted by Crippen LogP contribution is -2.02. The molecule has 3 nitrogen and oxygen atoms in total. The van der Waals surface area contributed by atoms with Crippen molar-refractivity contribution in [1.29, 1.82) is 5.26 Å². The van der Waals surface area contributed by atoms with Crippen molar-refractivity contribution in [3.8, 4) is 11.8 Å². The molecule has 0 aromatic carbocycles. The highest BCUT2D eigenvalue weighted by Gasteiger charge is 2.07. The average Bonchev–Trinajstić information content (AvgIpc) is 2.26. The summed E-state index contributed by atoms with van der Waals surface area (Å²) in [5.41, 5.74) is 1.54. The van der Waals surface area contributed by atoms with Crippen molar-refractivity contribution in [3.05, 3.63) is 23.5 Å². The van der Waals surface area contributed by atoms with Gasteiger partial charge in [-0.05, 0) is 24.8 Å². The van der Waals surface area contributed by atoms with Gasteiger partial charge in [0.1, 0.15) is 6.07 Å². The molecule has 0 radical (unpaired) electrons. The molecule has 0 aliphatic carbocycles. The summed E-state index contributed by atoms with van der Waals surface area (Å²) in [6.07, 6.45) is 3.48. The van der Waals surface area contributed by atoms with Gasteiger partial charge in [0.05, 0.1) is 18.4 Å². The van der Waals surface area contributed by atoms with Crippen LogP contribution in [-0.4, -0.2) is 11.6 Å². The van der Waals surface area contributed by atoms with E-state index < -0.39 is 0 Å². The summed E-state index contributed by atoms with van der Waals surface area (Å²) >= 11 is 0. The fourth-order valence-corrected chi connectivity index (χ4v) is 1.43. The summed E-state index contributed by atoms with van der Waals surface area (Å²) in [6, 6.07) is 3.98. The second-order valence-electron chi connectivity index (χ2n) is 4.23. The molecular formula is C13H18N2O. The van der Waals surface area contributed by atoms with E-state index in [2.05, 4.69) is 24.9 Å². The Hall–Kier alpha value is -1.56. The molecule has 0 aliphatic heterocycles. The minimum absolute atomic E-state index is 0.543. The largest absolute Gasteiger partial charge is 0.491 e. The van der Waals surface area contributed by atoms with Crippen LogP contribution in [0.15, 0.2) is 12.3 Å². The van der Waals surface area contributed by atoms with E-state index >= 15 is 0 Å². The first-order valence-corrected chi connectivity index (χ1v) is 5.69. The molecule has 16 heavy (non-hydrogen) atoms. The van der Waals surface area contributed by atoms with Crippen molar-refractivity contribution in [1.82, 2.24) is 4.98 Å². The van der Waals surface area contributed by atoms with Gasteiger partial charge < -0.3 is 4.74 Å². The Morgan fingerprint density at radius 1 is 1.50 bits per heavy atom. The van der Waals surface area contributed by atoms with Crippen LogP contribution in [-0.2, 0) is 6.42 Å². The lowest BCUT2D eigenvalue weighted by Gasteiger charge is -2.08. The molecule has 1 heterocycles. The quantitative estimate of drug-likeness (QED) is 0.763. The highest BCUT2D eigenvalue weighted by Crippen LogP contribution is 2.18. The van der Waals surface area contributed by atoms with E-state index in [0.717, 1.165) is 18.5 Å². The molecular weight excluding hydrogens is 200 g/mol. The predicted molar refractivity (Wildman–Crippen MR) is 63.3 cm³/mol. The summed E-state index contributed by atoms with van der Waals surface area (Å²) in [7, 11) is 0. The summed E-state index contributed by atoms with van der Waals surface area (Å²) in [6.45, 7) is 6.93. The number of rotatable bonds is 5. The van der Waals surface area contributed by atoms with Gasteiger partial charge in [0.25, 0.3) is 0 Å². The molecule has 1 rings (SSSR count). The molecule has 86 valence electrons. The lowest BCUT2D eigenvalue weighted by atomic mass is 10.1. The number of nitriles is 1. The molecule has 0 bridgehead atoms. The minimum Gasteiger partial charge on any atom is -0.491 e. The first-order valence-electron chi connectivity index (χ1n) is 5.69. The van der Waals surface area contributed by atoms with E-state index in [0.29, 0.717) is 23.8 Å². The molecule has 0 atom stereocenters. The van der Waals surface area contributed by atoms with Crippen LogP contribution in [0, 0.1) is 17.2 Å². The Labute approximate surface area is 97.1 Å². The van der Waals surface area contributed by atoms with Crippen molar-refractivity contribution in [2.75, 3.05) is 6.61 Å². The van der Waals surface area contributed by atoms with Gasteiger partial charge in [0.2, 0.25) is 0 Å². The van der Waals surface area contributed by atoms with E-state index in [4.69, 9.17) is 10.00 Å². The number of hydrogen-bond acceptors (Lipinski definition) is 3. The lowest BCUT2D eigenvalue weighted by molar-refractivity contribution is 0.315. The maximum Gasteiger partial charge on any atom is 0.155 e. The van der Waals surface area contributed by atoms with E-state index in [9.17, 15) is 0 Å². The monoisotopic (exact) mass is 218 g/mol. The van der Waals surface area contributed by atoms with E-state index in [1.807, 2.05) is 13.0 Å². The maximum absolute atomic E-state index is 9.02. The van der Waals surface area contributed by atoms with Gasteiger partial charge in [-0.2, -0.15) is 5.26 Å². The Balaban J connectivity index is 2.85. The van der Waals surface area contributed by atoms with Crippen LogP contribution < -0.4 is 4.74 Å². The maximum atomic E-state index is 9.02. The van der Waals surface area contributed by atoms with E-state index in [1.165, 1.54) is 0 Å². The van der Waals surface area contributed by atoms with Crippen LogP contribution in [0.1, 0.15) is 38.4 Å². The molecule has 0 aliphatic rings. The SMILES string of the molecule is CCCOc1cnc(CC(C)C)cc1C#N. The topological polar surface area (TPSA) is 45.9 Å². The zero-order valence-corrected chi connectivity index (χ0v) is 10.2.